The monoisotopic (exact) mass is 255 g/mol. The Kier molecular flexibility index (Phi) is 6.68. The lowest BCUT2D eigenvalue weighted by Gasteiger charge is -2.14. The Bertz CT molecular complexity index is 356. The van der Waals surface area contributed by atoms with Crippen LogP contribution in [-0.2, 0) is 4.74 Å². The maximum atomic E-state index is 13.1. The Hall–Kier alpha value is -1.13. The van der Waals surface area contributed by atoms with Gasteiger partial charge in [0, 0.05) is 18.2 Å². The van der Waals surface area contributed by atoms with Crippen molar-refractivity contribution in [3.63, 3.8) is 0 Å². The number of nitrogens with two attached hydrogens (primary N) is 1. The summed E-state index contributed by atoms with van der Waals surface area (Å²) in [4.78, 5) is 0. The van der Waals surface area contributed by atoms with Crippen LogP contribution in [0.5, 0.6) is 5.75 Å². The second-order valence-corrected chi connectivity index (χ2v) is 4.29. The first-order chi connectivity index (χ1) is 8.65. The average Bonchev–Trinajstić information content (AvgIpc) is 2.35. The molecular formula is C14H22FNO2. The van der Waals surface area contributed by atoms with Gasteiger partial charge in [-0.25, -0.2) is 4.39 Å². The van der Waals surface area contributed by atoms with Crippen molar-refractivity contribution in [3.8, 4) is 5.75 Å². The lowest BCUT2D eigenvalue weighted by molar-refractivity contribution is 0.0976. The lowest BCUT2D eigenvalue weighted by atomic mass is 10.1. The molecule has 0 amide bonds. The van der Waals surface area contributed by atoms with Crippen LogP contribution in [0.25, 0.3) is 0 Å². The molecule has 18 heavy (non-hydrogen) atoms. The second kappa shape index (κ2) is 8.06. The van der Waals surface area contributed by atoms with E-state index in [4.69, 9.17) is 15.2 Å². The van der Waals surface area contributed by atoms with Gasteiger partial charge in [-0.2, -0.15) is 0 Å². The molecule has 0 unspecified atom stereocenters. The Morgan fingerprint density at radius 1 is 1.28 bits per heavy atom. The summed E-state index contributed by atoms with van der Waals surface area (Å²) in [7, 11) is 0. The van der Waals surface area contributed by atoms with Crippen molar-refractivity contribution in [1.82, 2.24) is 0 Å². The fraction of sp³-hybridized carbons (Fsp3) is 0.571. The zero-order chi connectivity index (χ0) is 13.4. The van der Waals surface area contributed by atoms with Gasteiger partial charge in [-0.1, -0.05) is 13.3 Å². The van der Waals surface area contributed by atoms with Gasteiger partial charge < -0.3 is 15.2 Å². The Morgan fingerprint density at radius 3 is 2.72 bits per heavy atom. The summed E-state index contributed by atoms with van der Waals surface area (Å²) < 4.78 is 24.1. The Morgan fingerprint density at radius 2 is 2.06 bits per heavy atom. The van der Waals surface area contributed by atoms with Gasteiger partial charge in [-0.05, 0) is 31.5 Å². The lowest BCUT2D eigenvalue weighted by Crippen LogP contribution is -2.12. The van der Waals surface area contributed by atoms with E-state index in [1.54, 1.807) is 13.0 Å². The van der Waals surface area contributed by atoms with E-state index < -0.39 is 0 Å². The number of ether oxygens (including phenoxy) is 2. The summed E-state index contributed by atoms with van der Waals surface area (Å²) in [6.07, 6.45) is 2.18. The van der Waals surface area contributed by atoms with Crippen LogP contribution in [-0.4, -0.2) is 19.8 Å². The SMILES string of the molecule is CCCCOCCOc1ccc(F)cc1[C@@H](C)N. The van der Waals surface area contributed by atoms with E-state index in [-0.39, 0.29) is 11.9 Å². The number of hydrogen-bond acceptors (Lipinski definition) is 3. The summed E-state index contributed by atoms with van der Waals surface area (Å²) in [5, 5.41) is 0. The van der Waals surface area contributed by atoms with E-state index >= 15 is 0 Å². The molecule has 0 spiro atoms. The number of hydrogen-bond donors (Lipinski definition) is 1. The predicted molar refractivity (Wildman–Crippen MR) is 70.2 cm³/mol. The standard InChI is InChI=1S/C14H22FNO2/c1-3-4-7-17-8-9-18-14-6-5-12(15)10-13(14)11(2)16/h5-6,10-11H,3-4,7-9,16H2,1-2H3/t11-/m1/s1. The molecule has 102 valence electrons. The van der Waals surface area contributed by atoms with Crippen molar-refractivity contribution in [2.45, 2.75) is 32.7 Å². The first-order valence-electron chi connectivity index (χ1n) is 6.40. The molecular weight excluding hydrogens is 233 g/mol. The number of benzene rings is 1. The second-order valence-electron chi connectivity index (χ2n) is 4.29. The maximum absolute atomic E-state index is 13.1. The normalized spacial score (nSPS) is 12.4. The van der Waals surface area contributed by atoms with Crippen LogP contribution >= 0.6 is 0 Å². The minimum absolute atomic E-state index is 0.253. The molecule has 0 aromatic heterocycles. The summed E-state index contributed by atoms with van der Waals surface area (Å²) in [6, 6.07) is 4.15. The highest BCUT2D eigenvalue weighted by Crippen LogP contribution is 2.24. The highest BCUT2D eigenvalue weighted by molar-refractivity contribution is 5.36. The maximum Gasteiger partial charge on any atom is 0.124 e. The van der Waals surface area contributed by atoms with Crippen molar-refractivity contribution in [2.24, 2.45) is 5.73 Å². The molecule has 3 nitrogen and oxygen atoms in total. The highest BCUT2D eigenvalue weighted by atomic mass is 19.1. The molecule has 2 N–H and O–H groups in total. The molecule has 0 saturated carbocycles. The fourth-order valence-electron chi connectivity index (χ4n) is 1.57. The van der Waals surface area contributed by atoms with Crippen molar-refractivity contribution in [2.75, 3.05) is 19.8 Å². The molecule has 1 atom stereocenters. The van der Waals surface area contributed by atoms with Gasteiger partial charge in [0.15, 0.2) is 0 Å². The van der Waals surface area contributed by atoms with Crippen molar-refractivity contribution in [1.29, 1.82) is 0 Å². The first kappa shape index (κ1) is 14.9. The van der Waals surface area contributed by atoms with Gasteiger partial charge in [0.05, 0.1) is 6.61 Å². The molecule has 0 fully saturated rings. The largest absolute Gasteiger partial charge is 0.491 e. The summed E-state index contributed by atoms with van der Waals surface area (Å²) in [5.74, 6) is 0.333. The zero-order valence-corrected chi connectivity index (χ0v) is 11.1. The minimum atomic E-state index is -0.297. The van der Waals surface area contributed by atoms with Crippen LogP contribution in [0.3, 0.4) is 0 Å². The topological polar surface area (TPSA) is 44.5 Å². The molecule has 0 aliphatic carbocycles. The van der Waals surface area contributed by atoms with Crippen LogP contribution in [0.15, 0.2) is 18.2 Å². The van der Waals surface area contributed by atoms with E-state index in [0.29, 0.717) is 24.5 Å². The summed E-state index contributed by atoms with van der Waals surface area (Å²) in [6.45, 7) is 5.67. The van der Waals surface area contributed by atoms with Gasteiger partial charge >= 0.3 is 0 Å². The van der Waals surface area contributed by atoms with Crippen molar-refractivity contribution >= 4 is 0 Å². The van der Waals surface area contributed by atoms with E-state index in [9.17, 15) is 4.39 Å². The molecule has 1 aromatic rings. The molecule has 0 radical (unpaired) electrons. The molecule has 1 aromatic carbocycles. The molecule has 0 aliphatic heterocycles. The van der Waals surface area contributed by atoms with E-state index in [2.05, 4.69) is 6.92 Å². The smallest absolute Gasteiger partial charge is 0.124 e. The average molecular weight is 255 g/mol. The van der Waals surface area contributed by atoms with E-state index in [1.165, 1.54) is 12.1 Å². The fourth-order valence-corrected chi connectivity index (χ4v) is 1.57. The van der Waals surface area contributed by atoms with Crippen molar-refractivity contribution in [3.05, 3.63) is 29.6 Å². The third-order valence-electron chi connectivity index (χ3n) is 2.59. The Balaban J connectivity index is 2.42. The highest BCUT2D eigenvalue weighted by Gasteiger charge is 2.09. The third-order valence-corrected chi connectivity index (χ3v) is 2.59. The third kappa shape index (κ3) is 5.02. The number of rotatable bonds is 8. The Labute approximate surface area is 108 Å². The minimum Gasteiger partial charge on any atom is -0.491 e. The number of unbranched alkanes of at least 4 members (excludes halogenated alkanes) is 1. The summed E-state index contributed by atoms with van der Waals surface area (Å²) in [5.41, 5.74) is 6.46. The van der Waals surface area contributed by atoms with E-state index in [1.807, 2.05) is 0 Å². The van der Waals surface area contributed by atoms with Gasteiger partial charge in [0.2, 0.25) is 0 Å². The molecule has 4 heteroatoms. The van der Waals surface area contributed by atoms with Crippen LogP contribution < -0.4 is 10.5 Å². The van der Waals surface area contributed by atoms with Crippen molar-refractivity contribution < 1.29 is 13.9 Å². The quantitative estimate of drug-likeness (QED) is 0.726. The predicted octanol–water partition coefficient (Wildman–Crippen LogP) is 3.04. The molecule has 0 heterocycles. The molecule has 1 rings (SSSR count). The van der Waals surface area contributed by atoms with Crippen LogP contribution in [0, 0.1) is 5.82 Å². The molecule has 0 saturated heterocycles. The van der Waals surface area contributed by atoms with Crippen LogP contribution in [0.1, 0.15) is 38.3 Å². The van der Waals surface area contributed by atoms with Crippen LogP contribution in [0.2, 0.25) is 0 Å². The molecule has 0 aliphatic rings. The van der Waals surface area contributed by atoms with Gasteiger partial charge in [0.1, 0.15) is 18.2 Å². The zero-order valence-electron chi connectivity index (χ0n) is 11.1. The van der Waals surface area contributed by atoms with Gasteiger partial charge in [-0.15, -0.1) is 0 Å². The van der Waals surface area contributed by atoms with Crippen LogP contribution in [0.4, 0.5) is 4.39 Å². The van der Waals surface area contributed by atoms with Gasteiger partial charge in [0.25, 0.3) is 0 Å². The first-order valence-corrected chi connectivity index (χ1v) is 6.40. The number of halogens is 1. The molecule has 0 bridgehead atoms. The summed E-state index contributed by atoms with van der Waals surface area (Å²) >= 11 is 0. The van der Waals surface area contributed by atoms with E-state index in [0.717, 1.165) is 19.4 Å². The van der Waals surface area contributed by atoms with Gasteiger partial charge in [-0.3, -0.25) is 0 Å².